The van der Waals surface area contributed by atoms with Gasteiger partial charge >= 0.3 is 0 Å². The van der Waals surface area contributed by atoms with Crippen molar-refractivity contribution in [1.29, 1.82) is 0 Å². The molecule has 0 bridgehead atoms. The summed E-state index contributed by atoms with van der Waals surface area (Å²) >= 11 is 16.0. The van der Waals surface area contributed by atoms with Gasteiger partial charge in [0.1, 0.15) is 0 Å². The minimum atomic E-state index is -0.364. The van der Waals surface area contributed by atoms with Gasteiger partial charge in [0.2, 0.25) is 0 Å². The smallest absolute Gasteiger partial charge is 0.254 e. The molecule has 0 unspecified atom stereocenters. The van der Waals surface area contributed by atoms with Crippen LogP contribution < -0.4 is 0 Å². The normalized spacial score (nSPS) is 21.2. The third kappa shape index (κ3) is 8.30. The molecule has 2 saturated carbocycles. The van der Waals surface area contributed by atoms with E-state index < -0.39 is 0 Å². The summed E-state index contributed by atoms with van der Waals surface area (Å²) in [6, 6.07) is 0. The Morgan fingerprint density at radius 3 is 0.921 bits per heavy atom. The van der Waals surface area contributed by atoms with E-state index in [4.69, 9.17) is 23.2 Å². The molecule has 0 N–H and O–H groups in total. The third-order valence-corrected chi connectivity index (χ3v) is 12.2. The summed E-state index contributed by atoms with van der Waals surface area (Å²) in [5.74, 6) is 0.694. The van der Waals surface area contributed by atoms with Gasteiger partial charge in [0.25, 0.3) is 10.5 Å². The maximum atomic E-state index is 13.0. The second kappa shape index (κ2) is 16.1. The van der Waals surface area contributed by atoms with Crippen molar-refractivity contribution in [3.8, 4) is 0 Å². The van der Waals surface area contributed by atoms with Crippen molar-refractivity contribution in [1.82, 2.24) is 0 Å². The molecule has 0 aliphatic heterocycles. The molecule has 38 heavy (non-hydrogen) atoms. The highest BCUT2D eigenvalue weighted by Gasteiger charge is 2.32. The van der Waals surface area contributed by atoms with Crippen molar-refractivity contribution < 1.29 is 9.59 Å². The van der Waals surface area contributed by atoms with Crippen LogP contribution in [-0.4, -0.2) is 10.5 Å². The standard InChI is InChI=1S/C32H46Cl2O2S2/c33-31(35)25-27(23-19-15-11-7-3-1-2-4-8-12-16-20-23)37-30-26(32(34)36)28(38-29(25)30)24-21-17-13-9-5-6-10-14-18-22-24/h23-24H,1-22H2. The van der Waals surface area contributed by atoms with Gasteiger partial charge in [-0.1, -0.05) is 116 Å². The molecule has 0 aromatic carbocycles. The Morgan fingerprint density at radius 1 is 0.447 bits per heavy atom. The van der Waals surface area contributed by atoms with Gasteiger partial charge < -0.3 is 0 Å². The summed E-state index contributed by atoms with van der Waals surface area (Å²) in [6.07, 6.45) is 27.6. The predicted molar refractivity (Wildman–Crippen MR) is 167 cm³/mol. The highest BCUT2D eigenvalue weighted by Crippen LogP contribution is 2.50. The number of halogens is 2. The van der Waals surface area contributed by atoms with Crippen molar-refractivity contribution in [2.24, 2.45) is 0 Å². The molecule has 0 radical (unpaired) electrons. The lowest BCUT2D eigenvalue weighted by atomic mass is 9.91. The van der Waals surface area contributed by atoms with Gasteiger partial charge in [0.15, 0.2) is 0 Å². The SMILES string of the molecule is O=C(Cl)c1c(C2CCCCCCCCCCCC2)sc2c(C(=O)Cl)c(C3CCCCCCCCCC3)sc12. The zero-order valence-corrected chi connectivity index (χ0v) is 26.2. The van der Waals surface area contributed by atoms with E-state index >= 15 is 0 Å². The first-order valence-electron chi connectivity index (χ1n) is 15.6. The van der Waals surface area contributed by atoms with Gasteiger partial charge in [-0.25, -0.2) is 0 Å². The van der Waals surface area contributed by atoms with E-state index in [1.165, 1.54) is 116 Å². The molecule has 0 saturated heterocycles. The van der Waals surface area contributed by atoms with E-state index in [1.54, 1.807) is 22.7 Å². The molecule has 6 heteroatoms. The number of fused-ring (bicyclic) bond motifs is 1. The number of carbonyl (C=O) groups is 2. The number of carbonyl (C=O) groups excluding carboxylic acids is 2. The summed E-state index contributed by atoms with van der Waals surface area (Å²) < 4.78 is 1.86. The Hall–Kier alpha value is -0.420. The lowest BCUT2D eigenvalue weighted by Crippen LogP contribution is -2.03. The van der Waals surface area contributed by atoms with Crippen LogP contribution in [0.25, 0.3) is 9.40 Å². The number of rotatable bonds is 4. The van der Waals surface area contributed by atoms with Crippen LogP contribution in [-0.2, 0) is 0 Å². The monoisotopic (exact) mass is 596 g/mol. The van der Waals surface area contributed by atoms with Crippen LogP contribution in [0.3, 0.4) is 0 Å². The summed E-state index contributed by atoms with van der Waals surface area (Å²) in [5.41, 5.74) is 1.37. The zero-order valence-electron chi connectivity index (χ0n) is 23.1. The molecule has 212 valence electrons. The molecule has 0 atom stereocenters. The summed E-state index contributed by atoms with van der Waals surface area (Å²) in [4.78, 5) is 28.1. The van der Waals surface area contributed by atoms with Crippen LogP contribution in [0.1, 0.15) is 184 Å². The van der Waals surface area contributed by atoms with E-state index in [1.807, 2.05) is 0 Å². The van der Waals surface area contributed by atoms with Crippen LogP contribution in [0.2, 0.25) is 0 Å². The van der Waals surface area contributed by atoms with Crippen molar-refractivity contribution in [2.45, 2.75) is 153 Å². The number of hydrogen-bond donors (Lipinski definition) is 0. The number of thiophene rings is 2. The highest BCUT2D eigenvalue weighted by atomic mass is 35.5. The van der Waals surface area contributed by atoms with E-state index in [0.717, 1.165) is 44.8 Å². The Balaban J connectivity index is 1.67. The Bertz CT molecular complexity index is 1010. The summed E-state index contributed by atoms with van der Waals surface area (Å²) in [5, 5.41) is -0.727. The largest absolute Gasteiger partial charge is 0.276 e. The average Bonchev–Trinajstić information content (AvgIpc) is 3.41. The van der Waals surface area contributed by atoms with E-state index in [0.29, 0.717) is 23.0 Å². The quantitative estimate of drug-likeness (QED) is 0.329. The maximum Gasteiger partial charge on any atom is 0.254 e. The lowest BCUT2D eigenvalue weighted by molar-refractivity contribution is 0.107. The molecule has 2 fully saturated rings. The molecule has 2 aromatic rings. The first-order valence-corrected chi connectivity index (χ1v) is 18.0. The van der Waals surface area contributed by atoms with Crippen LogP contribution in [0.15, 0.2) is 0 Å². The Kier molecular flexibility index (Phi) is 13.0. The fourth-order valence-corrected chi connectivity index (χ4v) is 10.6. The van der Waals surface area contributed by atoms with Gasteiger partial charge in [-0.2, -0.15) is 0 Å². The van der Waals surface area contributed by atoms with Crippen LogP contribution in [0.5, 0.6) is 0 Å². The highest BCUT2D eigenvalue weighted by molar-refractivity contribution is 7.29. The molecule has 0 spiro atoms. The Morgan fingerprint density at radius 2 is 0.684 bits per heavy atom. The second-order valence-corrected chi connectivity index (χ2v) is 14.6. The fourth-order valence-electron chi connectivity index (χ4n) is 6.77. The molecular weight excluding hydrogens is 551 g/mol. The zero-order chi connectivity index (χ0) is 26.7. The summed E-state index contributed by atoms with van der Waals surface area (Å²) in [6.45, 7) is 0. The van der Waals surface area contributed by atoms with Crippen LogP contribution in [0, 0.1) is 0 Å². The van der Waals surface area contributed by atoms with Gasteiger partial charge in [0.05, 0.1) is 20.5 Å². The summed E-state index contributed by atoms with van der Waals surface area (Å²) in [7, 11) is 0. The second-order valence-electron chi connectivity index (χ2n) is 11.8. The first-order chi connectivity index (χ1) is 18.6. The van der Waals surface area contributed by atoms with Gasteiger partial charge in [-0.05, 0) is 60.7 Å². The van der Waals surface area contributed by atoms with Gasteiger partial charge in [-0.3, -0.25) is 9.59 Å². The van der Waals surface area contributed by atoms with Gasteiger partial charge in [-0.15, -0.1) is 22.7 Å². The topological polar surface area (TPSA) is 34.1 Å². The molecular formula is C32H46Cl2O2S2. The number of hydrogen-bond acceptors (Lipinski definition) is 4. The van der Waals surface area contributed by atoms with Crippen molar-refractivity contribution in [3.05, 3.63) is 20.9 Å². The van der Waals surface area contributed by atoms with Crippen LogP contribution >= 0.6 is 45.9 Å². The predicted octanol–water partition coefficient (Wildman–Crippen LogP) is 12.5. The minimum absolute atomic E-state index is 0.345. The van der Waals surface area contributed by atoms with E-state index in [2.05, 4.69) is 0 Å². The van der Waals surface area contributed by atoms with Crippen molar-refractivity contribution in [3.63, 3.8) is 0 Å². The maximum absolute atomic E-state index is 13.0. The van der Waals surface area contributed by atoms with Crippen molar-refractivity contribution in [2.75, 3.05) is 0 Å². The minimum Gasteiger partial charge on any atom is -0.276 e. The molecule has 0 amide bonds. The molecule has 2 aliphatic rings. The Labute approximate surface area is 248 Å². The lowest BCUT2D eigenvalue weighted by Gasteiger charge is -2.18. The third-order valence-electron chi connectivity index (χ3n) is 8.92. The average molecular weight is 598 g/mol. The molecule has 2 nitrogen and oxygen atoms in total. The van der Waals surface area contributed by atoms with Crippen LogP contribution in [0.4, 0.5) is 0 Å². The molecule has 2 heterocycles. The van der Waals surface area contributed by atoms with Crippen molar-refractivity contribution >= 4 is 65.8 Å². The van der Waals surface area contributed by atoms with E-state index in [-0.39, 0.29) is 10.5 Å². The molecule has 2 aliphatic carbocycles. The first kappa shape index (κ1) is 30.5. The molecule has 4 rings (SSSR count). The molecule has 2 aromatic heterocycles. The fraction of sp³-hybridized carbons (Fsp3) is 0.750. The van der Waals surface area contributed by atoms with Gasteiger partial charge in [0, 0.05) is 9.75 Å². The van der Waals surface area contributed by atoms with E-state index in [9.17, 15) is 9.59 Å².